The summed E-state index contributed by atoms with van der Waals surface area (Å²) in [7, 11) is -3.73. The second-order valence-electron chi connectivity index (χ2n) is 4.92. The molecule has 0 radical (unpaired) electrons. The van der Waals surface area contributed by atoms with Crippen molar-refractivity contribution in [1.82, 2.24) is 4.31 Å². The predicted octanol–water partition coefficient (Wildman–Crippen LogP) is 1.02. The van der Waals surface area contributed by atoms with E-state index < -0.39 is 14.9 Å². The molecule has 20 heavy (non-hydrogen) atoms. The van der Waals surface area contributed by atoms with Crippen LogP contribution in [0.25, 0.3) is 0 Å². The van der Waals surface area contributed by atoms with E-state index >= 15 is 0 Å². The molecule has 0 spiro atoms. The Morgan fingerprint density at radius 3 is 2.75 bits per heavy atom. The van der Waals surface area contributed by atoms with Gasteiger partial charge in [-0.2, -0.15) is 4.31 Å². The van der Waals surface area contributed by atoms with Crippen molar-refractivity contribution in [2.24, 2.45) is 5.73 Å². The van der Waals surface area contributed by atoms with E-state index in [4.69, 9.17) is 5.73 Å². The van der Waals surface area contributed by atoms with Gasteiger partial charge in [-0.1, -0.05) is 6.07 Å². The Morgan fingerprint density at radius 1 is 1.45 bits per heavy atom. The maximum Gasteiger partial charge on any atom is 0.273 e. The van der Waals surface area contributed by atoms with Crippen LogP contribution in [0.15, 0.2) is 23.1 Å². The molecule has 7 nitrogen and oxygen atoms in total. The second kappa shape index (κ2) is 5.47. The number of benzene rings is 1. The Bertz CT molecular complexity index is 630. The number of sulfonamides is 1. The van der Waals surface area contributed by atoms with E-state index in [9.17, 15) is 18.5 Å². The van der Waals surface area contributed by atoms with Crippen molar-refractivity contribution in [2.75, 3.05) is 13.1 Å². The van der Waals surface area contributed by atoms with Gasteiger partial charge in [-0.05, 0) is 25.8 Å². The van der Waals surface area contributed by atoms with Gasteiger partial charge < -0.3 is 5.73 Å². The minimum atomic E-state index is -3.73. The van der Waals surface area contributed by atoms with E-state index in [1.807, 2.05) is 0 Å². The van der Waals surface area contributed by atoms with Crippen LogP contribution in [0, 0.1) is 17.0 Å². The van der Waals surface area contributed by atoms with Crippen molar-refractivity contribution in [1.29, 1.82) is 0 Å². The monoisotopic (exact) mass is 299 g/mol. The van der Waals surface area contributed by atoms with E-state index in [1.165, 1.54) is 29.4 Å². The molecule has 1 heterocycles. The van der Waals surface area contributed by atoms with Crippen molar-refractivity contribution >= 4 is 15.7 Å². The lowest BCUT2D eigenvalue weighted by molar-refractivity contribution is -0.385. The normalized spacial score (nSPS) is 20.8. The molecule has 1 unspecified atom stereocenters. The van der Waals surface area contributed by atoms with Crippen molar-refractivity contribution < 1.29 is 13.3 Å². The molecule has 0 bridgehead atoms. The van der Waals surface area contributed by atoms with Crippen molar-refractivity contribution in [2.45, 2.75) is 30.7 Å². The summed E-state index contributed by atoms with van der Waals surface area (Å²) in [5, 5.41) is 10.9. The lowest BCUT2D eigenvalue weighted by Crippen LogP contribution is -2.45. The number of rotatable bonds is 3. The Morgan fingerprint density at radius 2 is 2.15 bits per heavy atom. The first kappa shape index (κ1) is 14.9. The minimum Gasteiger partial charge on any atom is -0.327 e. The van der Waals surface area contributed by atoms with Crippen LogP contribution in [0.5, 0.6) is 0 Å². The van der Waals surface area contributed by atoms with Gasteiger partial charge in [0.2, 0.25) is 10.0 Å². The van der Waals surface area contributed by atoms with Gasteiger partial charge in [0.1, 0.15) is 0 Å². The quantitative estimate of drug-likeness (QED) is 0.662. The summed E-state index contributed by atoms with van der Waals surface area (Å²) in [6.45, 7) is 2.11. The molecule has 0 saturated carbocycles. The van der Waals surface area contributed by atoms with Crippen LogP contribution in [0.4, 0.5) is 5.69 Å². The summed E-state index contributed by atoms with van der Waals surface area (Å²) in [4.78, 5) is 10.3. The largest absolute Gasteiger partial charge is 0.327 e. The topological polar surface area (TPSA) is 107 Å². The molecule has 1 aliphatic heterocycles. The first-order chi connectivity index (χ1) is 9.34. The molecule has 2 rings (SSSR count). The molecule has 110 valence electrons. The fraction of sp³-hybridized carbons (Fsp3) is 0.500. The minimum absolute atomic E-state index is 0.0131. The summed E-state index contributed by atoms with van der Waals surface area (Å²) in [5.41, 5.74) is 5.78. The van der Waals surface area contributed by atoms with Gasteiger partial charge in [0.25, 0.3) is 5.69 Å². The molecular formula is C12H17N3O4S. The maximum absolute atomic E-state index is 12.6. The van der Waals surface area contributed by atoms with E-state index in [-0.39, 0.29) is 28.7 Å². The average Bonchev–Trinajstić information content (AvgIpc) is 2.38. The number of hydrogen-bond donors (Lipinski definition) is 1. The average molecular weight is 299 g/mol. The molecular weight excluding hydrogens is 282 g/mol. The molecule has 0 amide bonds. The lowest BCUT2D eigenvalue weighted by Gasteiger charge is -2.30. The molecule has 0 aromatic heterocycles. The van der Waals surface area contributed by atoms with Gasteiger partial charge in [0, 0.05) is 30.8 Å². The second-order valence-corrected chi connectivity index (χ2v) is 6.83. The third-order valence-corrected chi connectivity index (χ3v) is 5.50. The number of nitrogens with two attached hydrogens (primary N) is 1. The highest BCUT2D eigenvalue weighted by atomic mass is 32.2. The van der Waals surface area contributed by atoms with E-state index in [0.29, 0.717) is 13.0 Å². The highest BCUT2D eigenvalue weighted by Crippen LogP contribution is 2.28. The fourth-order valence-electron chi connectivity index (χ4n) is 2.41. The highest BCUT2D eigenvalue weighted by molar-refractivity contribution is 7.89. The van der Waals surface area contributed by atoms with Crippen LogP contribution >= 0.6 is 0 Å². The number of nitro groups is 1. The zero-order chi connectivity index (χ0) is 14.9. The van der Waals surface area contributed by atoms with Gasteiger partial charge in [0.05, 0.1) is 9.82 Å². The number of hydrogen-bond acceptors (Lipinski definition) is 5. The molecule has 1 aliphatic rings. The Labute approximate surface area is 117 Å². The van der Waals surface area contributed by atoms with Crippen molar-refractivity contribution in [3.8, 4) is 0 Å². The van der Waals surface area contributed by atoms with Crippen LogP contribution < -0.4 is 5.73 Å². The molecule has 0 aliphatic carbocycles. The zero-order valence-electron chi connectivity index (χ0n) is 11.2. The molecule has 1 saturated heterocycles. The smallest absolute Gasteiger partial charge is 0.273 e. The summed E-state index contributed by atoms with van der Waals surface area (Å²) in [6, 6.07) is 3.91. The molecule has 8 heteroatoms. The lowest BCUT2D eigenvalue weighted by atomic mass is 10.1. The molecule has 1 aromatic carbocycles. The summed E-state index contributed by atoms with van der Waals surface area (Å²) in [5.74, 6) is 0. The van der Waals surface area contributed by atoms with E-state index in [2.05, 4.69) is 0 Å². The SMILES string of the molecule is Cc1c([N+](=O)[O-])cccc1S(=O)(=O)N1CCCC(N)C1. The molecule has 1 aromatic rings. The van der Waals surface area contributed by atoms with E-state index in [0.717, 1.165) is 6.42 Å². The van der Waals surface area contributed by atoms with Gasteiger partial charge in [-0.3, -0.25) is 10.1 Å². The van der Waals surface area contributed by atoms with Crippen LogP contribution in [-0.2, 0) is 10.0 Å². The fourth-order valence-corrected chi connectivity index (χ4v) is 4.19. The van der Waals surface area contributed by atoms with Crippen LogP contribution in [-0.4, -0.2) is 36.8 Å². The third kappa shape index (κ3) is 2.67. The Balaban J connectivity index is 2.44. The van der Waals surface area contributed by atoms with Crippen LogP contribution in [0.1, 0.15) is 18.4 Å². The van der Waals surface area contributed by atoms with Crippen LogP contribution in [0.2, 0.25) is 0 Å². The Kier molecular flexibility index (Phi) is 4.07. The number of nitrogens with zero attached hydrogens (tertiary/aromatic N) is 2. The maximum atomic E-state index is 12.6. The molecule has 1 fully saturated rings. The molecule has 1 atom stereocenters. The number of nitro benzene ring substituents is 1. The predicted molar refractivity (Wildman–Crippen MR) is 73.8 cm³/mol. The van der Waals surface area contributed by atoms with Crippen LogP contribution in [0.3, 0.4) is 0 Å². The first-order valence-corrected chi connectivity index (χ1v) is 7.78. The van der Waals surface area contributed by atoms with Gasteiger partial charge in [-0.15, -0.1) is 0 Å². The third-order valence-electron chi connectivity index (χ3n) is 3.49. The van der Waals surface area contributed by atoms with Gasteiger partial charge in [0.15, 0.2) is 0 Å². The first-order valence-electron chi connectivity index (χ1n) is 6.34. The Hall–Kier alpha value is -1.51. The van der Waals surface area contributed by atoms with E-state index in [1.54, 1.807) is 0 Å². The summed E-state index contributed by atoms with van der Waals surface area (Å²) in [6.07, 6.45) is 1.49. The highest BCUT2D eigenvalue weighted by Gasteiger charge is 2.31. The number of piperidine rings is 1. The van der Waals surface area contributed by atoms with Gasteiger partial charge >= 0.3 is 0 Å². The summed E-state index contributed by atoms with van der Waals surface area (Å²) < 4.78 is 26.5. The van der Waals surface area contributed by atoms with Gasteiger partial charge in [-0.25, -0.2) is 8.42 Å². The zero-order valence-corrected chi connectivity index (χ0v) is 12.0. The standard InChI is InChI=1S/C12H17N3O4S/c1-9-11(15(16)17)5-2-6-12(9)20(18,19)14-7-3-4-10(13)8-14/h2,5-6,10H,3-4,7-8,13H2,1H3. The van der Waals surface area contributed by atoms with Crippen molar-refractivity contribution in [3.05, 3.63) is 33.9 Å². The summed E-state index contributed by atoms with van der Waals surface area (Å²) >= 11 is 0. The van der Waals surface area contributed by atoms with Crippen molar-refractivity contribution in [3.63, 3.8) is 0 Å². The molecule has 2 N–H and O–H groups in total.